The molecule has 0 atom stereocenters. The van der Waals surface area contributed by atoms with Crippen molar-refractivity contribution < 1.29 is 13.9 Å². The lowest BCUT2D eigenvalue weighted by Crippen LogP contribution is -2.13. The number of aryl methyl sites for hydroxylation is 1. The van der Waals surface area contributed by atoms with Crippen LogP contribution in [0.2, 0.25) is 5.02 Å². The van der Waals surface area contributed by atoms with Gasteiger partial charge in [0.15, 0.2) is 0 Å². The molecule has 1 aromatic heterocycles. The molecule has 0 fully saturated rings. The zero-order valence-electron chi connectivity index (χ0n) is 12.5. The van der Waals surface area contributed by atoms with Crippen molar-refractivity contribution in [2.24, 2.45) is 0 Å². The number of carbonyl (C=O) groups is 1. The van der Waals surface area contributed by atoms with Crippen LogP contribution < -0.4 is 10.1 Å². The largest absolute Gasteiger partial charge is 0.495 e. The topological polar surface area (TPSA) is 54.1 Å². The maximum atomic E-state index is 13.3. The van der Waals surface area contributed by atoms with Gasteiger partial charge in [0.05, 0.1) is 12.1 Å². The number of methoxy groups -OCH3 is 1. The smallest absolute Gasteiger partial charge is 0.272 e. The average Bonchev–Trinajstić information content (AvgIpc) is 2.84. The molecule has 0 aliphatic rings. The summed E-state index contributed by atoms with van der Waals surface area (Å²) in [5, 5.41) is 3.98. The highest BCUT2D eigenvalue weighted by Gasteiger charge is 2.15. The van der Waals surface area contributed by atoms with Crippen LogP contribution in [0.4, 0.5) is 10.1 Å². The van der Waals surface area contributed by atoms with Crippen LogP contribution in [0, 0.1) is 12.7 Å². The summed E-state index contributed by atoms with van der Waals surface area (Å²) in [7, 11) is 1.52. The fourth-order valence-electron chi connectivity index (χ4n) is 2.47. The Morgan fingerprint density at radius 1 is 1.26 bits per heavy atom. The van der Waals surface area contributed by atoms with E-state index in [0.29, 0.717) is 27.7 Å². The number of amides is 1. The number of aromatic nitrogens is 1. The summed E-state index contributed by atoms with van der Waals surface area (Å²) in [6.07, 6.45) is 0. The van der Waals surface area contributed by atoms with Crippen molar-refractivity contribution in [3.05, 3.63) is 58.5 Å². The Kier molecular flexibility index (Phi) is 3.96. The standard InChI is InChI=1S/C17H14ClFN2O2/c1-9-12-5-3-10(19)7-14(12)21-16(9)17(22)20-11-4-6-15(23-2)13(18)8-11/h3-8,21H,1-2H3,(H,20,22). The van der Waals surface area contributed by atoms with Gasteiger partial charge in [-0.05, 0) is 48.9 Å². The summed E-state index contributed by atoms with van der Waals surface area (Å²) in [6, 6.07) is 9.36. The van der Waals surface area contributed by atoms with Crippen molar-refractivity contribution in [2.45, 2.75) is 6.92 Å². The molecule has 0 radical (unpaired) electrons. The third-order valence-electron chi connectivity index (χ3n) is 3.66. The first kappa shape index (κ1) is 15.4. The van der Waals surface area contributed by atoms with Gasteiger partial charge in [-0.2, -0.15) is 0 Å². The molecule has 0 aliphatic carbocycles. The van der Waals surface area contributed by atoms with Crippen LogP contribution >= 0.6 is 11.6 Å². The van der Waals surface area contributed by atoms with E-state index < -0.39 is 0 Å². The monoisotopic (exact) mass is 332 g/mol. The second kappa shape index (κ2) is 5.93. The molecule has 0 saturated carbocycles. The summed E-state index contributed by atoms with van der Waals surface area (Å²) in [5.74, 6) is -0.144. The highest BCUT2D eigenvalue weighted by molar-refractivity contribution is 6.32. The van der Waals surface area contributed by atoms with Gasteiger partial charge in [-0.3, -0.25) is 4.79 Å². The first-order valence-corrected chi connectivity index (χ1v) is 7.30. The molecule has 2 aromatic carbocycles. The molecule has 3 aromatic rings. The number of hydrogen-bond acceptors (Lipinski definition) is 2. The van der Waals surface area contributed by atoms with Gasteiger partial charge in [0.2, 0.25) is 0 Å². The van der Waals surface area contributed by atoms with Crippen LogP contribution in [0.15, 0.2) is 36.4 Å². The number of hydrogen-bond donors (Lipinski definition) is 2. The second-order valence-corrected chi connectivity index (χ2v) is 5.53. The van der Waals surface area contributed by atoms with E-state index in [1.807, 2.05) is 6.92 Å². The molecule has 118 valence electrons. The van der Waals surface area contributed by atoms with Gasteiger partial charge < -0.3 is 15.0 Å². The van der Waals surface area contributed by atoms with Crippen molar-refractivity contribution in [2.75, 3.05) is 12.4 Å². The number of aromatic amines is 1. The van der Waals surface area contributed by atoms with Gasteiger partial charge in [0, 0.05) is 16.6 Å². The Bertz CT molecular complexity index is 905. The van der Waals surface area contributed by atoms with E-state index in [9.17, 15) is 9.18 Å². The number of halogens is 2. The first-order chi connectivity index (χ1) is 11.0. The molecule has 6 heteroatoms. The van der Waals surface area contributed by atoms with Crippen LogP contribution in [0.5, 0.6) is 5.75 Å². The number of nitrogens with one attached hydrogen (secondary N) is 2. The van der Waals surface area contributed by atoms with E-state index in [2.05, 4.69) is 10.3 Å². The quantitative estimate of drug-likeness (QED) is 0.740. The van der Waals surface area contributed by atoms with Crippen LogP contribution in [0.1, 0.15) is 16.1 Å². The molecule has 1 heterocycles. The van der Waals surface area contributed by atoms with E-state index in [-0.39, 0.29) is 11.7 Å². The lowest BCUT2D eigenvalue weighted by atomic mass is 10.1. The molecular weight excluding hydrogens is 319 g/mol. The Labute approximate surface area is 137 Å². The van der Waals surface area contributed by atoms with Crippen LogP contribution in [-0.2, 0) is 0 Å². The molecule has 4 nitrogen and oxygen atoms in total. The molecule has 0 saturated heterocycles. The molecule has 0 spiro atoms. The second-order valence-electron chi connectivity index (χ2n) is 5.12. The number of carbonyl (C=O) groups excluding carboxylic acids is 1. The summed E-state index contributed by atoms with van der Waals surface area (Å²) in [4.78, 5) is 15.4. The zero-order valence-corrected chi connectivity index (χ0v) is 13.3. The normalized spacial score (nSPS) is 10.8. The van der Waals surface area contributed by atoms with Gasteiger partial charge in [0.25, 0.3) is 5.91 Å². The van der Waals surface area contributed by atoms with Crippen molar-refractivity contribution in [1.82, 2.24) is 4.98 Å². The SMILES string of the molecule is COc1ccc(NC(=O)c2[nH]c3cc(F)ccc3c2C)cc1Cl. The predicted molar refractivity (Wildman–Crippen MR) is 89.0 cm³/mol. The van der Waals surface area contributed by atoms with E-state index in [1.165, 1.54) is 19.2 Å². The third kappa shape index (κ3) is 2.87. The van der Waals surface area contributed by atoms with E-state index in [1.54, 1.807) is 24.3 Å². The van der Waals surface area contributed by atoms with E-state index in [0.717, 1.165) is 10.9 Å². The molecular formula is C17H14ClFN2O2. The van der Waals surface area contributed by atoms with Gasteiger partial charge in [0.1, 0.15) is 17.3 Å². The number of ether oxygens (including phenoxy) is 1. The number of fused-ring (bicyclic) bond motifs is 1. The van der Waals surface area contributed by atoms with E-state index >= 15 is 0 Å². The Morgan fingerprint density at radius 2 is 2.04 bits per heavy atom. The Hall–Kier alpha value is -2.53. The summed E-state index contributed by atoms with van der Waals surface area (Å²) in [5.41, 5.74) is 2.28. The number of benzene rings is 2. The number of H-pyrrole nitrogens is 1. The summed E-state index contributed by atoms with van der Waals surface area (Å²) >= 11 is 6.05. The van der Waals surface area contributed by atoms with Crippen molar-refractivity contribution in [3.63, 3.8) is 0 Å². The zero-order chi connectivity index (χ0) is 16.6. The fourth-order valence-corrected chi connectivity index (χ4v) is 2.73. The van der Waals surface area contributed by atoms with Crippen LogP contribution in [-0.4, -0.2) is 18.0 Å². The van der Waals surface area contributed by atoms with Gasteiger partial charge in [-0.1, -0.05) is 11.6 Å². The first-order valence-electron chi connectivity index (χ1n) is 6.92. The minimum absolute atomic E-state index is 0.319. The fraction of sp³-hybridized carbons (Fsp3) is 0.118. The molecule has 0 bridgehead atoms. The number of anilines is 1. The molecule has 0 aliphatic heterocycles. The lowest BCUT2D eigenvalue weighted by molar-refractivity contribution is 0.102. The minimum atomic E-state index is -0.354. The molecule has 1 amide bonds. The van der Waals surface area contributed by atoms with E-state index in [4.69, 9.17) is 16.3 Å². The Morgan fingerprint density at radius 3 is 2.74 bits per heavy atom. The molecule has 2 N–H and O–H groups in total. The van der Waals surface area contributed by atoms with Crippen molar-refractivity contribution in [1.29, 1.82) is 0 Å². The van der Waals surface area contributed by atoms with Crippen molar-refractivity contribution >= 4 is 34.1 Å². The minimum Gasteiger partial charge on any atom is -0.495 e. The highest BCUT2D eigenvalue weighted by atomic mass is 35.5. The van der Waals surface area contributed by atoms with Gasteiger partial charge >= 0.3 is 0 Å². The maximum absolute atomic E-state index is 13.3. The lowest BCUT2D eigenvalue weighted by Gasteiger charge is -2.08. The predicted octanol–water partition coefficient (Wildman–Crippen LogP) is 4.53. The van der Waals surface area contributed by atoms with Gasteiger partial charge in [-0.25, -0.2) is 4.39 Å². The molecule has 3 rings (SSSR count). The van der Waals surface area contributed by atoms with Crippen LogP contribution in [0.3, 0.4) is 0 Å². The Balaban J connectivity index is 1.91. The maximum Gasteiger partial charge on any atom is 0.272 e. The summed E-state index contributed by atoms with van der Waals surface area (Å²) < 4.78 is 18.4. The van der Waals surface area contributed by atoms with Crippen LogP contribution in [0.25, 0.3) is 10.9 Å². The highest BCUT2D eigenvalue weighted by Crippen LogP contribution is 2.28. The average molecular weight is 333 g/mol. The molecule has 0 unspecified atom stereocenters. The van der Waals surface area contributed by atoms with Crippen molar-refractivity contribution in [3.8, 4) is 5.75 Å². The summed E-state index contributed by atoms with van der Waals surface area (Å²) in [6.45, 7) is 1.81. The number of rotatable bonds is 3. The molecule has 23 heavy (non-hydrogen) atoms. The third-order valence-corrected chi connectivity index (χ3v) is 3.95. The van der Waals surface area contributed by atoms with Gasteiger partial charge in [-0.15, -0.1) is 0 Å².